The van der Waals surface area contributed by atoms with Gasteiger partial charge in [0.05, 0.1) is 6.61 Å². The maximum absolute atomic E-state index is 10.9. The molecule has 2 N–H and O–H groups in total. The maximum Gasteiger partial charge on any atom is 0.332 e. The largest absolute Gasteiger partial charge is 0.479 e. The third-order valence-corrected chi connectivity index (χ3v) is 1.67. The highest BCUT2D eigenvalue weighted by Gasteiger charge is 2.15. The van der Waals surface area contributed by atoms with Crippen LogP contribution in [0.25, 0.3) is 0 Å². The van der Waals surface area contributed by atoms with Crippen LogP contribution in [0.15, 0.2) is 0 Å². The lowest BCUT2D eigenvalue weighted by Gasteiger charge is -2.05. The molecule has 1 atom stereocenters. The first-order valence-corrected chi connectivity index (χ1v) is 4.64. The van der Waals surface area contributed by atoms with Crippen molar-refractivity contribution in [2.45, 2.75) is 38.7 Å². The minimum Gasteiger partial charge on any atom is -0.479 e. The van der Waals surface area contributed by atoms with Crippen LogP contribution in [-0.2, 0) is 14.3 Å². The summed E-state index contributed by atoms with van der Waals surface area (Å²) in [6, 6.07) is 0. The number of aliphatic hydroxyl groups excluding tert-OH is 1. The van der Waals surface area contributed by atoms with Gasteiger partial charge in [-0.1, -0.05) is 13.3 Å². The number of carboxylic acids is 1. The van der Waals surface area contributed by atoms with Crippen molar-refractivity contribution in [3.05, 3.63) is 0 Å². The van der Waals surface area contributed by atoms with Gasteiger partial charge in [-0.2, -0.15) is 0 Å². The minimum atomic E-state index is -1.48. The van der Waals surface area contributed by atoms with Crippen LogP contribution in [0.2, 0.25) is 0 Å². The smallest absolute Gasteiger partial charge is 0.332 e. The van der Waals surface area contributed by atoms with Crippen LogP contribution in [0, 0.1) is 0 Å². The Hall–Kier alpha value is -1.10. The van der Waals surface area contributed by atoms with E-state index in [4.69, 9.17) is 14.9 Å². The van der Waals surface area contributed by atoms with Crippen molar-refractivity contribution in [1.82, 2.24) is 0 Å². The summed E-state index contributed by atoms with van der Waals surface area (Å²) in [5, 5.41) is 17.1. The van der Waals surface area contributed by atoms with Gasteiger partial charge in [0.2, 0.25) is 0 Å². The SMILES string of the molecule is CCCCOC(=O)CCC(O)C(=O)O. The molecule has 0 bridgehead atoms. The van der Waals surface area contributed by atoms with Crippen molar-refractivity contribution < 1.29 is 24.5 Å². The highest BCUT2D eigenvalue weighted by atomic mass is 16.5. The summed E-state index contributed by atoms with van der Waals surface area (Å²) in [6.45, 7) is 2.33. The van der Waals surface area contributed by atoms with Gasteiger partial charge >= 0.3 is 11.9 Å². The molecule has 0 aromatic rings. The summed E-state index contributed by atoms with van der Waals surface area (Å²) in [6.07, 6.45) is 0.101. The van der Waals surface area contributed by atoms with Crippen LogP contribution in [-0.4, -0.2) is 34.9 Å². The monoisotopic (exact) mass is 204 g/mol. The number of carbonyl (C=O) groups excluding carboxylic acids is 1. The van der Waals surface area contributed by atoms with Gasteiger partial charge in [-0.15, -0.1) is 0 Å². The zero-order valence-electron chi connectivity index (χ0n) is 8.23. The Labute approximate surface area is 82.7 Å². The van der Waals surface area contributed by atoms with Crippen molar-refractivity contribution in [1.29, 1.82) is 0 Å². The summed E-state index contributed by atoms with van der Waals surface area (Å²) in [5.41, 5.74) is 0. The summed E-state index contributed by atoms with van der Waals surface area (Å²) in [5.74, 6) is -1.77. The molecule has 0 aromatic carbocycles. The zero-order chi connectivity index (χ0) is 11.0. The van der Waals surface area contributed by atoms with Crippen molar-refractivity contribution in [2.75, 3.05) is 6.61 Å². The lowest BCUT2D eigenvalue weighted by molar-refractivity contribution is -0.149. The fraction of sp³-hybridized carbons (Fsp3) is 0.778. The molecule has 82 valence electrons. The molecular formula is C9H16O5. The molecule has 14 heavy (non-hydrogen) atoms. The molecule has 0 radical (unpaired) electrons. The third kappa shape index (κ3) is 6.42. The van der Waals surface area contributed by atoms with Crippen LogP contribution in [0.4, 0.5) is 0 Å². The number of unbranched alkanes of at least 4 members (excludes halogenated alkanes) is 1. The lowest BCUT2D eigenvalue weighted by atomic mass is 10.2. The number of aliphatic hydroxyl groups is 1. The standard InChI is InChI=1S/C9H16O5/c1-2-3-6-14-8(11)5-4-7(10)9(12)13/h7,10H,2-6H2,1H3,(H,12,13). The molecule has 0 aromatic heterocycles. The Kier molecular flexibility index (Phi) is 6.74. The van der Waals surface area contributed by atoms with E-state index in [0.717, 1.165) is 12.8 Å². The number of rotatable bonds is 7. The van der Waals surface area contributed by atoms with E-state index in [9.17, 15) is 9.59 Å². The number of hydrogen-bond acceptors (Lipinski definition) is 4. The van der Waals surface area contributed by atoms with Crippen molar-refractivity contribution in [2.24, 2.45) is 0 Å². The van der Waals surface area contributed by atoms with E-state index in [1.807, 2.05) is 6.92 Å². The number of hydrogen-bond donors (Lipinski definition) is 2. The lowest BCUT2D eigenvalue weighted by Crippen LogP contribution is -2.21. The summed E-state index contributed by atoms with van der Waals surface area (Å²) in [7, 11) is 0. The fourth-order valence-electron chi connectivity index (χ4n) is 0.781. The zero-order valence-corrected chi connectivity index (χ0v) is 8.23. The first-order valence-electron chi connectivity index (χ1n) is 4.64. The Morgan fingerprint density at radius 2 is 2.07 bits per heavy atom. The molecule has 1 unspecified atom stereocenters. The van der Waals surface area contributed by atoms with E-state index in [-0.39, 0.29) is 12.8 Å². The molecule has 5 heteroatoms. The van der Waals surface area contributed by atoms with Gasteiger partial charge in [-0.05, 0) is 12.8 Å². The van der Waals surface area contributed by atoms with Crippen molar-refractivity contribution in [3.8, 4) is 0 Å². The van der Waals surface area contributed by atoms with Gasteiger partial charge in [-0.25, -0.2) is 4.79 Å². The van der Waals surface area contributed by atoms with Gasteiger partial charge in [0.25, 0.3) is 0 Å². The normalized spacial score (nSPS) is 12.1. The van der Waals surface area contributed by atoms with Gasteiger partial charge in [0.15, 0.2) is 6.10 Å². The molecule has 0 aliphatic carbocycles. The van der Waals surface area contributed by atoms with Gasteiger partial charge in [0.1, 0.15) is 0 Å². The Bertz CT molecular complexity index is 190. The average Bonchev–Trinajstić information content (AvgIpc) is 2.14. The maximum atomic E-state index is 10.9. The van der Waals surface area contributed by atoms with Crippen LogP contribution in [0.1, 0.15) is 32.6 Å². The van der Waals surface area contributed by atoms with E-state index in [1.165, 1.54) is 0 Å². The predicted molar refractivity (Wildman–Crippen MR) is 48.7 cm³/mol. The Morgan fingerprint density at radius 3 is 2.57 bits per heavy atom. The van der Waals surface area contributed by atoms with Crippen molar-refractivity contribution in [3.63, 3.8) is 0 Å². The molecule has 5 nitrogen and oxygen atoms in total. The van der Waals surface area contributed by atoms with E-state index >= 15 is 0 Å². The van der Waals surface area contributed by atoms with E-state index < -0.39 is 18.0 Å². The molecular weight excluding hydrogens is 188 g/mol. The average molecular weight is 204 g/mol. The summed E-state index contributed by atoms with van der Waals surface area (Å²) < 4.78 is 4.77. The van der Waals surface area contributed by atoms with Gasteiger partial charge in [-0.3, -0.25) is 4.79 Å². The minimum absolute atomic E-state index is 0.0584. The second-order valence-electron chi connectivity index (χ2n) is 2.97. The quantitative estimate of drug-likeness (QED) is 0.467. The Balaban J connectivity index is 3.48. The molecule has 0 fully saturated rings. The van der Waals surface area contributed by atoms with E-state index in [1.54, 1.807) is 0 Å². The first-order chi connectivity index (χ1) is 6.57. The molecule has 0 aliphatic rings. The van der Waals surface area contributed by atoms with Crippen LogP contribution in [0.5, 0.6) is 0 Å². The molecule has 0 rings (SSSR count). The van der Waals surface area contributed by atoms with E-state index in [2.05, 4.69) is 0 Å². The summed E-state index contributed by atoms with van der Waals surface area (Å²) in [4.78, 5) is 21.1. The van der Waals surface area contributed by atoms with Crippen molar-refractivity contribution >= 4 is 11.9 Å². The molecule has 0 aliphatic heterocycles. The highest BCUT2D eigenvalue weighted by Crippen LogP contribution is 2.00. The van der Waals surface area contributed by atoms with Crippen LogP contribution >= 0.6 is 0 Å². The number of carboxylic acid groups (broad SMARTS) is 1. The molecule has 0 amide bonds. The van der Waals surface area contributed by atoms with Crippen LogP contribution < -0.4 is 0 Å². The molecule has 0 heterocycles. The predicted octanol–water partition coefficient (Wildman–Crippen LogP) is 0.555. The van der Waals surface area contributed by atoms with Gasteiger partial charge < -0.3 is 14.9 Å². The number of aliphatic carboxylic acids is 1. The number of esters is 1. The topological polar surface area (TPSA) is 83.8 Å². The number of ether oxygens (including phenoxy) is 1. The van der Waals surface area contributed by atoms with Gasteiger partial charge in [0, 0.05) is 6.42 Å². The Morgan fingerprint density at radius 1 is 1.43 bits per heavy atom. The second-order valence-corrected chi connectivity index (χ2v) is 2.97. The first kappa shape index (κ1) is 12.9. The molecule has 0 spiro atoms. The van der Waals surface area contributed by atoms with E-state index in [0.29, 0.717) is 6.61 Å². The molecule has 0 saturated heterocycles. The third-order valence-electron chi connectivity index (χ3n) is 1.67. The second kappa shape index (κ2) is 7.32. The molecule has 0 saturated carbocycles. The summed E-state index contributed by atoms with van der Waals surface area (Å²) >= 11 is 0. The van der Waals surface area contributed by atoms with Crippen LogP contribution in [0.3, 0.4) is 0 Å². The number of carbonyl (C=O) groups is 2. The highest BCUT2D eigenvalue weighted by molar-refractivity contribution is 5.74. The fourth-order valence-corrected chi connectivity index (χ4v) is 0.781.